The summed E-state index contributed by atoms with van der Waals surface area (Å²) in [7, 11) is 0. The van der Waals surface area contributed by atoms with E-state index in [0.29, 0.717) is 12.5 Å². The van der Waals surface area contributed by atoms with Crippen LogP contribution < -0.4 is 5.32 Å². The first-order valence-electron chi connectivity index (χ1n) is 6.49. The van der Waals surface area contributed by atoms with Crippen molar-refractivity contribution in [2.45, 2.75) is 70.9 Å². The quantitative estimate of drug-likeness (QED) is 0.703. The Kier molecular flexibility index (Phi) is 4.78. The zero-order valence-electron chi connectivity index (χ0n) is 10.8. The Hall–Kier alpha value is -0.570. The third kappa shape index (κ3) is 3.48. The van der Waals surface area contributed by atoms with Gasteiger partial charge in [0.1, 0.15) is 5.54 Å². The Morgan fingerprint density at radius 1 is 1.56 bits per heavy atom. The second kappa shape index (κ2) is 5.67. The highest BCUT2D eigenvalue weighted by atomic mass is 16.4. The first kappa shape index (κ1) is 13.5. The molecule has 0 heterocycles. The summed E-state index contributed by atoms with van der Waals surface area (Å²) in [5, 5.41) is 12.5. The minimum absolute atomic E-state index is 0.304. The molecular weight excluding hydrogens is 202 g/mol. The lowest BCUT2D eigenvalue weighted by Gasteiger charge is -2.34. The number of carboxylic acids is 1. The summed E-state index contributed by atoms with van der Waals surface area (Å²) >= 11 is 0. The van der Waals surface area contributed by atoms with Crippen molar-refractivity contribution in [3.63, 3.8) is 0 Å². The molecule has 3 heteroatoms. The molecule has 0 spiro atoms. The fourth-order valence-corrected chi connectivity index (χ4v) is 2.57. The zero-order valence-corrected chi connectivity index (χ0v) is 10.8. The normalized spacial score (nSPS) is 22.2. The third-order valence-corrected chi connectivity index (χ3v) is 3.70. The highest BCUT2D eigenvalue weighted by Gasteiger charge is 2.34. The van der Waals surface area contributed by atoms with Crippen LogP contribution in [0, 0.1) is 5.92 Å². The summed E-state index contributed by atoms with van der Waals surface area (Å²) < 4.78 is 0. The molecule has 3 nitrogen and oxygen atoms in total. The Morgan fingerprint density at radius 3 is 2.56 bits per heavy atom. The van der Waals surface area contributed by atoms with Gasteiger partial charge < -0.3 is 5.11 Å². The van der Waals surface area contributed by atoms with Crippen LogP contribution in [0.4, 0.5) is 0 Å². The van der Waals surface area contributed by atoms with Crippen LogP contribution >= 0.6 is 0 Å². The van der Waals surface area contributed by atoms with E-state index in [0.717, 1.165) is 18.8 Å². The van der Waals surface area contributed by atoms with E-state index in [1.54, 1.807) is 6.92 Å². The van der Waals surface area contributed by atoms with E-state index in [9.17, 15) is 9.90 Å². The number of nitrogens with one attached hydrogen (secondary N) is 1. The summed E-state index contributed by atoms with van der Waals surface area (Å²) in [6, 6.07) is 0.304. The van der Waals surface area contributed by atoms with E-state index >= 15 is 0 Å². The van der Waals surface area contributed by atoms with Crippen molar-refractivity contribution in [1.29, 1.82) is 0 Å². The van der Waals surface area contributed by atoms with Crippen LogP contribution in [-0.4, -0.2) is 22.7 Å². The monoisotopic (exact) mass is 227 g/mol. The molecule has 2 N–H and O–H groups in total. The van der Waals surface area contributed by atoms with Gasteiger partial charge in [0.25, 0.3) is 0 Å². The molecule has 0 amide bonds. The fraction of sp³-hybridized carbons (Fsp3) is 0.923. The molecule has 0 bridgehead atoms. The van der Waals surface area contributed by atoms with Crippen LogP contribution in [0.25, 0.3) is 0 Å². The Labute approximate surface area is 98.6 Å². The van der Waals surface area contributed by atoms with Crippen molar-refractivity contribution in [3.8, 4) is 0 Å². The second-order valence-electron chi connectivity index (χ2n) is 5.47. The molecule has 2 atom stereocenters. The molecule has 0 aromatic carbocycles. The van der Waals surface area contributed by atoms with Crippen molar-refractivity contribution in [2.24, 2.45) is 5.92 Å². The maximum atomic E-state index is 11.3. The van der Waals surface area contributed by atoms with Crippen molar-refractivity contribution >= 4 is 5.97 Å². The van der Waals surface area contributed by atoms with E-state index < -0.39 is 11.5 Å². The molecule has 1 fully saturated rings. The van der Waals surface area contributed by atoms with Gasteiger partial charge >= 0.3 is 5.97 Å². The van der Waals surface area contributed by atoms with Gasteiger partial charge in [0, 0.05) is 6.04 Å². The summed E-state index contributed by atoms with van der Waals surface area (Å²) in [5.41, 5.74) is -0.752. The predicted octanol–water partition coefficient (Wildman–Crippen LogP) is 2.80. The molecule has 0 aromatic heterocycles. The van der Waals surface area contributed by atoms with Gasteiger partial charge in [-0.3, -0.25) is 10.1 Å². The third-order valence-electron chi connectivity index (χ3n) is 3.70. The SMILES string of the molecule is CCCC(C)(NC(C)CC1CCC1)C(=O)O. The molecule has 16 heavy (non-hydrogen) atoms. The largest absolute Gasteiger partial charge is 0.480 e. The Balaban J connectivity index is 2.43. The maximum Gasteiger partial charge on any atom is 0.323 e. The standard InChI is InChI=1S/C13H25NO2/c1-4-8-13(3,12(15)16)14-10(2)9-11-6-5-7-11/h10-11,14H,4-9H2,1-3H3,(H,15,16). The molecule has 0 aromatic rings. The number of rotatable bonds is 7. The van der Waals surface area contributed by atoms with Crippen LogP contribution in [0.3, 0.4) is 0 Å². The van der Waals surface area contributed by atoms with Crippen molar-refractivity contribution in [2.75, 3.05) is 0 Å². The van der Waals surface area contributed by atoms with Crippen molar-refractivity contribution in [1.82, 2.24) is 5.32 Å². The van der Waals surface area contributed by atoms with Crippen LogP contribution in [0.15, 0.2) is 0 Å². The van der Waals surface area contributed by atoms with Gasteiger partial charge in [0.05, 0.1) is 0 Å². The first-order chi connectivity index (χ1) is 7.48. The van der Waals surface area contributed by atoms with E-state index in [4.69, 9.17) is 0 Å². The molecule has 0 aliphatic heterocycles. The average Bonchev–Trinajstić information content (AvgIpc) is 2.11. The lowest BCUT2D eigenvalue weighted by atomic mass is 9.80. The van der Waals surface area contributed by atoms with Gasteiger partial charge in [-0.2, -0.15) is 0 Å². The Bertz CT molecular complexity index is 238. The summed E-state index contributed by atoms with van der Waals surface area (Å²) in [5.74, 6) is 0.0944. The second-order valence-corrected chi connectivity index (χ2v) is 5.47. The van der Waals surface area contributed by atoms with Gasteiger partial charge in [0.15, 0.2) is 0 Å². The molecule has 1 aliphatic rings. The number of aliphatic carboxylic acids is 1. The van der Waals surface area contributed by atoms with Crippen LogP contribution in [-0.2, 0) is 4.79 Å². The highest BCUT2D eigenvalue weighted by molar-refractivity contribution is 5.78. The van der Waals surface area contributed by atoms with Gasteiger partial charge in [-0.05, 0) is 32.6 Å². The lowest BCUT2D eigenvalue weighted by molar-refractivity contribution is -0.144. The van der Waals surface area contributed by atoms with Gasteiger partial charge in [0.2, 0.25) is 0 Å². The van der Waals surface area contributed by atoms with Crippen LogP contribution in [0.2, 0.25) is 0 Å². The summed E-state index contributed by atoms with van der Waals surface area (Å²) in [4.78, 5) is 11.3. The molecule has 0 radical (unpaired) electrons. The van der Waals surface area contributed by atoms with Gasteiger partial charge in [-0.1, -0.05) is 32.6 Å². The molecule has 0 saturated heterocycles. The fourth-order valence-electron chi connectivity index (χ4n) is 2.57. The lowest BCUT2D eigenvalue weighted by Crippen LogP contribution is -2.53. The molecule has 2 unspecified atom stereocenters. The zero-order chi connectivity index (χ0) is 12.2. The van der Waals surface area contributed by atoms with E-state index in [2.05, 4.69) is 12.2 Å². The predicted molar refractivity (Wildman–Crippen MR) is 65.5 cm³/mol. The van der Waals surface area contributed by atoms with E-state index in [-0.39, 0.29) is 0 Å². The number of carbonyl (C=O) groups is 1. The van der Waals surface area contributed by atoms with Gasteiger partial charge in [-0.15, -0.1) is 0 Å². The molecule has 1 saturated carbocycles. The molecular formula is C13H25NO2. The van der Waals surface area contributed by atoms with Crippen molar-refractivity contribution in [3.05, 3.63) is 0 Å². The Morgan fingerprint density at radius 2 is 2.19 bits per heavy atom. The number of carboxylic acid groups (broad SMARTS) is 1. The van der Waals surface area contributed by atoms with Gasteiger partial charge in [-0.25, -0.2) is 0 Å². The van der Waals surface area contributed by atoms with Crippen LogP contribution in [0.5, 0.6) is 0 Å². The maximum absolute atomic E-state index is 11.3. The van der Waals surface area contributed by atoms with E-state index in [1.165, 1.54) is 19.3 Å². The minimum Gasteiger partial charge on any atom is -0.480 e. The summed E-state index contributed by atoms with van der Waals surface area (Å²) in [6.07, 6.45) is 6.70. The minimum atomic E-state index is -0.752. The number of hydrogen-bond donors (Lipinski definition) is 2. The van der Waals surface area contributed by atoms with Crippen LogP contribution in [0.1, 0.15) is 59.3 Å². The topological polar surface area (TPSA) is 49.3 Å². The highest BCUT2D eigenvalue weighted by Crippen LogP contribution is 2.31. The molecule has 1 aliphatic carbocycles. The van der Waals surface area contributed by atoms with E-state index in [1.807, 2.05) is 6.92 Å². The van der Waals surface area contributed by atoms with Crippen molar-refractivity contribution < 1.29 is 9.90 Å². The first-order valence-corrected chi connectivity index (χ1v) is 6.49. The summed E-state index contributed by atoms with van der Waals surface area (Å²) in [6.45, 7) is 5.94. The molecule has 94 valence electrons. The molecule has 1 rings (SSSR count). The number of hydrogen-bond acceptors (Lipinski definition) is 2. The average molecular weight is 227 g/mol. The smallest absolute Gasteiger partial charge is 0.323 e.